The largest absolute Gasteiger partial charge is 0.356 e. The lowest BCUT2D eigenvalue weighted by Gasteiger charge is -2.10. The number of rotatable bonds is 2. The van der Waals surface area contributed by atoms with Crippen molar-refractivity contribution in [3.8, 4) is 22.8 Å². The van der Waals surface area contributed by atoms with Gasteiger partial charge in [-0.25, -0.2) is 9.97 Å². The van der Waals surface area contributed by atoms with Crippen molar-refractivity contribution in [1.29, 1.82) is 0 Å². The van der Waals surface area contributed by atoms with E-state index in [-0.39, 0.29) is 5.91 Å². The summed E-state index contributed by atoms with van der Waals surface area (Å²) in [6.45, 7) is 2.61. The van der Waals surface area contributed by atoms with E-state index in [0.717, 1.165) is 39.7 Å². The Hall–Kier alpha value is -2.66. The van der Waals surface area contributed by atoms with Crippen LogP contribution in [0.5, 0.6) is 0 Å². The third-order valence-electron chi connectivity index (χ3n) is 4.15. The average molecular weight is 339 g/mol. The van der Waals surface area contributed by atoms with Crippen molar-refractivity contribution in [1.82, 2.24) is 20.3 Å². The first kappa shape index (κ1) is 14.9. The molecule has 1 aromatic carbocycles. The van der Waals surface area contributed by atoms with Gasteiger partial charge in [-0.3, -0.25) is 4.79 Å². The van der Waals surface area contributed by atoms with Crippen LogP contribution in [0.1, 0.15) is 21.6 Å². The van der Waals surface area contributed by atoms with E-state index in [2.05, 4.69) is 20.3 Å². The normalized spacial score (nSPS) is 13.5. The second kappa shape index (κ2) is 5.76. The van der Waals surface area contributed by atoms with Crippen LogP contribution in [0, 0.1) is 6.92 Å². The van der Waals surface area contributed by atoms with E-state index in [1.165, 1.54) is 0 Å². The number of carbonyl (C=O) groups is 1. The highest BCUT2D eigenvalue weighted by Crippen LogP contribution is 2.26. The number of amides is 1. The molecule has 4 rings (SSSR count). The summed E-state index contributed by atoms with van der Waals surface area (Å²) in [5, 5.41) is 3.57. The van der Waals surface area contributed by atoms with Crippen LogP contribution in [-0.4, -0.2) is 27.4 Å². The van der Waals surface area contributed by atoms with E-state index in [4.69, 9.17) is 11.6 Å². The molecule has 120 valence electrons. The van der Waals surface area contributed by atoms with Gasteiger partial charge in [-0.15, -0.1) is 0 Å². The first-order chi connectivity index (χ1) is 11.6. The molecule has 3 heterocycles. The molecule has 5 nitrogen and oxygen atoms in total. The van der Waals surface area contributed by atoms with Crippen LogP contribution in [0.25, 0.3) is 22.8 Å². The van der Waals surface area contributed by atoms with Crippen molar-refractivity contribution >= 4 is 17.5 Å². The fraction of sp³-hybridized carbons (Fsp3) is 0.167. The number of halogens is 1. The molecule has 2 N–H and O–H groups in total. The van der Waals surface area contributed by atoms with Gasteiger partial charge < -0.3 is 10.3 Å². The molecule has 0 unspecified atom stereocenters. The van der Waals surface area contributed by atoms with E-state index < -0.39 is 0 Å². The summed E-state index contributed by atoms with van der Waals surface area (Å²) < 4.78 is 0. The molecule has 0 aliphatic carbocycles. The van der Waals surface area contributed by atoms with Gasteiger partial charge in [0.1, 0.15) is 0 Å². The fourth-order valence-electron chi connectivity index (χ4n) is 2.86. The molecule has 0 saturated carbocycles. The Labute approximate surface area is 144 Å². The molecule has 1 amide bonds. The minimum atomic E-state index is -0.0404. The van der Waals surface area contributed by atoms with Crippen LogP contribution in [0.2, 0.25) is 5.02 Å². The van der Waals surface area contributed by atoms with Gasteiger partial charge in [0.25, 0.3) is 5.91 Å². The van der Waals surface area contributed by atoms with Crippen LogP contribution >= 0.6 is 11.6 Å². The van der Waals surface area contributed by atoms with Crippen molar-refractivity contribution in [2.24, 2.45) is 0 Å². The first-order valence-corrected chi connectivity index (χ1v) is 8.09. The van der Waals surface area contributed by atoms with Gasteiger partial charge in [-0.1, -0.05) is 11.6 Å². The number of hydrogen-bond acceptors (Lipinski definition) is 3. The Morgan fingerprint density at radius 2 is 2.08 bits per heavy atom. The molecule has 0 fully saturated rings. The van der Waals surface area contributed by atoms with Crippen LogP contribution in [0.3, 0.4) is 0 Å². The number of nitrogens with zero attached hydrogens (tertiary/aromatic N) is 2. The van der Waals surface area contributed by atoms with Crippen molar-refractivity contribution in [2.75, 3.05) is 6.54 Å². The number of benzene rings is 1. The Bertz CT molecular complexity index is 948. The summed E-state index contributed by atoms with van der Waals surface area (Å²) in [4.78, 5) is 24.2. The molecule has 3 aromatic rings. The number of nitrogens with one attached hydrogen (secondary N) is 2. The molecule has 0 saturated heterocycles. The standard InChI is InChI=1S/C18H15ClN4O/c1-10-8-11(2-3-13(10)19)17-20-6-5-15(23-17)16-9-12-14(22-16)4-7-21-18(12)24/h2-3,5-6,8-9,22H,4,7H2,1H3,(H,21,24). The Kier molecular flexibility index (Phi) is 3.58. The third-order valence-corrected chi connectivity index (χ3v) is 4.58. The number of aromatic amines is 1. The minimum absolute atomic E-state index is 0.0404. The van der Waals surface area contributed by atoms with Crippen molar-refractivity contribution in [3.63, 3.8) is 0 Å². The third kappa shape index (κ3) is 2.57. The molecule has 0 atom stereocenters. The molecule has 1 aliphatic heterocycles. The van der Waals surface area contributed by atoms with E-state index in [1.807, 2.05) is 37.3 Å². The van der Waals surface area contributed by atoms with E-state index in [1.54, 1.807) is 6.20 Å². The zero-order valence-electron chi connectivity index (χ0n) is 13.1. The lowest BCUT2D eigenvalue weighted by Crippen LogP contribution is -2.31. The van der Waals surface area contributed by atoms with E-state index >= 15 is 0 Å². The molecule has 6 heteroatoms. The monoisotopic (exact) mass is 338 g/mol. The lowest BCUT2D eigenvalue weighted by atomic mass is 10.1. The lowest BCUT2D eigenvalue weighted by molar-refractivity contribution is 0.0946. The SMILES string of the molecule is Cc1cc(-c2nccc(-c3cc4c([nH]3)CCNC4=O)n2)ccc1Cl. The molecular weight excluding hydrogens is 324 g/mol. The maximum atomic E-state index is 11.9. The molecule has 0 spiro atoms. The molecule has 2 aromatic heterocycles. The molecule has 24 heavy (non-hydrogen) atoms. The smallest absolute Gasteiger partial charge is 0.253 e. The minimum Gasteiger partial charge on any atom is -0.356 e. The summed E-state index contributed by atoms with van der Waals surface area (Å²) in [5.74, 6) is 0.589. The number of H-pyrrole nitrogens is 1. The summed E-state index contributed by atoms with van der Waals surface area (Å²) in [5.41, 5.74) is 5.12. The maximum Gasteiger partial charge on any atom is 0.253 e. The predicted octanol–water partition coefficient (Wildman–Crippen LogP) is 3.39. The topological polar surface area (TPSA) is 70.7 Å². The van der Waals surface area contributed by atoms with Crippen LogP contribution < -0.4 is 5.32 Å². The summed E-state index contributed by atoms with van der Waals surface area (Å²) in [7, 11) is 0. The highest BCUT2D eigenvalue weighted by Gasteiger charge is 2.20. The zero-order valence-corrected chi connectivity index (χ0v) is 13.8. The molecule has 1 aliphatic rings. The quantitative estimate of drug-likeness (QED) is 0.752. The van der Waals surface area contributed by atoms with Crippen LogP contribution in [0.15, 0.2) is 36.5 Å². The molecular formula is C18H15ClN4O. The van der Waals surface area contributed by atoms with Crippen LogP contribution in [0.4, 0.5) is 0 Å². The summed E-state index contributed by atoms with van der Waals surface area (Å²) in [6.07, 6.45) is 2.52. The van der Waals surface area contributed by atoms with Gasteiger partial charge in [-0.2, -0.15) is 0 Å². The van der Waals surface area contributed by atoms with Gasteiger partial charge in [-0.05, 0) is 42.8 Å². The number of fused-ring (bicyclic) bond motifs is 1. The summed E-state index contributed by atoms with van der Waals surface area (Å²) in [6, 6.07) is 9.40. The second-order valence-corrected chi connectivity index (χ2v) is 6.22. The fourth-order valence-corrected chi connectivity index (χ4v) is 2.98. The van der Waals surface area contributed by atoms with Crippen LogP contribution in [-0.2, 0) is 6.42 Å². The van der Waals surface area contributed by atoms with Gasteiger partial charge >= 0.3 is 0 Å². The van der Waals surface area contributed by atoms with Crippen molar-refractivity contribution < 1.29 is 4.79 Å². The Morgan fingerprint density at radius 3 is 2.88 bits per heavy atom. The van der Waals surface area contributed by atoms with Gasteiger partial charge in [0.05, 0.1) is 17.0 Å². The highest BCUT2D eigenvalue weighted by molar-refractivity contribution is 6.31. The number of aromatic nitrogens is 3. The van der Waals surface area contributed by atoms with Gasteiger partial charge in [0, 0.05) is 35.4 Å². The predicted molar refractivity (Wildman–Crippen MR) is 93.0 cm³/mol. The Balaban J connectivity index is 1.75. The number of carbonyl (C=O) groups excluding carboxylic acids is 1. The van der Waals surface area contributed by atoms with E-state index in [9.17, 15) is 4.79 Å². The average Bonchev–Trinajstić information content (AvgIpc) is 3.03. The number of aryl methyl sites for hydroxylation is 1. The second-order valence-electron chi connectivity index (χ2n) is 5.81. The number of hydrogen-bond donors (Lipinski definition) is 2. The van der Waals surface area contributed by atoms with Gasteiger partial charge in [0.15, 0.2) is 5.82 Å². The van der Waals surface area contributed by atoms with E-state index in [0.29, 0.717) is 17.9 Å². The van der Waals surface area contributed by atoms with Crippen molar-refractivity contribution in [3.05, 3.63) is 58.4 Å². The zero-order chi connectivity index (χ0) is 16.7. The molecule has 0 radical (unpaired) electrons. The Morgan fingerprint density at radius 1 is 1.21 bits per heavy atom. The van der Waals surface area contributed by atoms with Gasteiger partial charge in [0.2, 0.25) is 0 Å². The maximum absolute atomic E-state index is 11.9. The first-order valence-electron chi connectivity index (χ1n) is 7.72. The highest BCUT2D eigenvalue weighted by atomic mass is 35.5. The summed E-state index contributed by atoms with van der Waals surface area (Å²) >= 11 is 6.08. The molecule has 0 bridgehead atoms. The van der Waals surface area contributed by atoms with Crippen molar-refractivity contribution in [2.45, 2.75) is 13.3 Å².